The molecule has 18 heavy (non-hydrogen) atoms. The minimum Gasteiger partial charge on any atom is -0.236 e. The molecule has 0 fully saturated rings. The molecule has 0 radical (unpaired) electrons. The van der Waals surface area contributed by atoms with Crippen LogP contribution in [0.3, 0.4) is 0 Å². The number of benzene rings is 2. The lowest BCUT2D eigenvalue weighted by molar-refractivity contribution is 1.40. The molecule has 0 N–H and O–H groups in total. The first-order valence-corrected chi connectivity index (χ1v) is 6.69. The van der Waals surface area contributed by atoms with Gasteiger partial charge in [0.15, 0.2) is 0 Å². The van der Waals surface area contributed by atoms with E-state index in [1.807, 2.05) is 12.1 Å². The molecule has 0 spiro atoms. The van der Waals surface area contributed by atoms with E-state index in [0.717, 1.165) is 10.5 Å². The van der Waals surface area contributed by atoms with Crippen molar-refractivity contribution in [3.05, 3.63) is 60.2 Å². The summed E-state index contributed by atoms with van der Waals surface area (Å²) in [6, 6.07) is 14.5. The van der Waals surface area contributed by atoms with Crippen LogP contribution in [0, 0.1) is 6.92 Å². The highest BCUT2D eigenvalue weighted by Gasteiger charge is 2.09. The Hall–Kier alpha value is -1.93. The first kappa shape index (κ1) is 11.2. The maximum Gasteiger partial charge on any atom is 0.124 e. The number of para-hydroxylation sites is 1. The molecule has 0 atom stereocenters. The molecular formula is C16H13NS. The minimum atomic E-state index is 1.07. The van der Waals surface area contributed by atoms with Crippen LogP contribution in [0.25, 0.3) is 26.9 Å². The number of hydrogen-bond donors (Lipinski definition) is 0. The maximum atomic E-state index is 4.70. The fourth-order valence-electron chi connectivity index (χ4n) is 2.09. The zero-order valence-corrected chi connectivity index (χ0v) is 11.0. The van der Waals surface area contributed by atoms with Crippen LogP contribution in [-0.2, 0) is 0 Å². The average Bonchev–Trinajstić information content (AvgIpc) is 2.82. The first-order chi connectivity index (χ1) is 8.79. The smallest absolute Gasteiger partial charge is 0.124 e. The highest BCUT2D eigenvalue weighted by molar-refractivity contribution is 7.21. The van der Waals surface area contributed by atoms with Gasteiger partial charge in [0, 0.05) is 5.56 Å². The van der Waals surface area contributed by atoms with Crippen molar-refractivity contribution >= 4 is 27.6 Å². The van der Waals surface area contributed by atoms with Gasteiger partial charge in [-0.2, -0.15) is 0 Å². The quantitative estimate of drug-likeness (QED) is 0.630. The third-order valence-electron chi connectivity index (χ3n) is 3.12. The van der Waals surface area contributed by atoms with Gasteiger partial charge in [-0.3, -0.25) is 0 Å². The summed E-state index contributed by atoms with van der Waals surface area (Å²) < 4.78 is 1.23. The van der Waals surface area contributed by atoms with Crippen molar-refractivity contribution in [1.29, 1.82) is 0 Å². The molecular weight excluding hydrogens is 238 g/mol. The van der Waals surface area contributed by atoms with Crippen LogP contribution >= 0.6 is 11.3 Å². The summed E-state index contributed by atoms with van der Waals surface area (Å²) in [7, 11) is 0. The average molecular weight is 251 g/mol. The Morgan fingerprint density at radius 1 is 1.11 bits per heavy atom. The number of fused-ring (bicyclic) bond motifs is 1. The van der Waals surface area contributed by atoms with Gasteiger partial charge in [-0.25, -0.2) is 4.98 Å². The predicted molar refractivity (Wildman–Crippen MR) is 79.9 cm³/mol. The Kier molecular flexibility index (Phi) is 2.73. The van der Waals surface area contributed by atoms with Gasteiger partial charge < -0.3 is 0 Å². The van der Waals surface area contributed by atoms with Crippen molar-refractivity contribution in [2.45, 2.75) is 6.92 Å². The second-order valence-electron chi connectivity index (χ2n) is 4.21. The van der Waals surface area contributed by atoms with Gasteiger partial charge in [-0.15, -0.1) is 11.3 Å². The van der Waals surface area contributed by atoms with Gasteiger partial charge in [0.25, 0.3) is 0 Å². The van der Waals surface area contributed by atoms with Crippen LogP contribution in [0.4, 0.5) is 0 Å². The third-order valence-corrected chi connectivity index (χ3v) is 4.19. The highest BCUT2D eigenvalue weighted by atomic mass is 32.1. The van der Waals surface area contributed by atoms with E-state index in [4.69, 9.17) is 4.98 Å². The molecule has 1 nitrogen and oxygen atoms in total. The topological polar surface area (TPSA) is 12.9 Å². The standard InChI is InChI=1S/C16H13NS/c1-3-12-7-6-8-13(11(12)2)16-17-14-9-4-5-10-15(14)18-16/h3-10H,1H2,2H3. The van der Waals surface area contributed by atoms with E-state index in [-0.39, 0.29) is 0 Å². The monoisotopic (exact) mass is 251 g/mol. The summed E-state index contributed by atoms with van der Waals surface area (Å²) in [5.74, 6) is 0. The molecule has 0 saturated heterocycles. The first-order valence-electron chi connectivity index (χ1n) is 5.87. The maximum absolute atomic E-state index is 4.70. The summed E-state index contributed by atoms with van der Waals surface area (Å²) in [5.41, 5.74) is 4.69. The Morgan fingerprint density at radius 2 is 1.94 bits per heavy atom. The SMILES string of the molecule is C=Cc1cccc(-c2nc3ccccc3s2)c1C. The lowest BCUT2D eigenvalue weighted by Crippen LogP contribution is -1.85. The zero-order valence-electron chi connectivity index (χ0n) is 10.2. The molecule has 0 amide bonds. The molecule has 1 aromatic heterocycles. The lowest BCUT2D eigenvalue weighted by atomic mass is 10.0. The molecule has 0 saturated carbocycles. The van der Waals surface area contributed by atoms with Gasteiger partial charge in [0.05, 0.1) is 10.2 Å². The fourth-order valence-corrected chi connectivity index (χ4v) is 3.14. The molecule has 2 aromatic carbocycles. The van der Waals surface area contributed by atoms with Crippen molar-refractivity contribution in [3.63, 3.8) is 0 Å². The van der Waals surface area contributed by atoms with Gasteiger partial charge in [-0.1, -0.05) is 43.0 Å². The molecule has 0 aliphatic rings. The van der Waals surface area contributed by atoms with Crippen LogP contribution in [0.5, 0.6) is 0 Å². The Labute approximate surface area is 110 Å². The summed E-state index contributed by atoms with van der Waals surface area (Å²) in [5, 5.41) is 1.08. The third kappa shape index (κ3) is 1.75. The van der Waals surface area contributed by atoms with E-state index < -0.39 is 0 Å². The summed E-state index contributed by atoms with van der Waals surface area (Å²) in [6.45, 7) is 5.98. The predicted octanol–water partition coefficient (Wildman–Crippen LogP) is 4.91. The summed E-state index contributed by atoms with van der Waals surface area (Å²) >= 11 is 1.74. The van der Waals surface area contributed by atoms with Crippen LogP contribution in [0.2, 0.25) is 0 Å². The van der Waals surface area contributed by atoms with Crippen molar-refractivity contribution in [2.24, 2.45) is 0 Å². The summed E-state index contributed by atoms with van der Waals surface area (Å²) in [4.78, 5) is 4.70. The van der Waals surface area contributed by atoms with Gasteiger partial charge >= 0.3 is 0 Å². The van der Waals surface area contributed by atoms with Crippen molar-refractivity contribution in [3.8, 4) is 10.6 Å². The van der Waals surface area contributed by atoms with Crippen LogP contribution in [0.1, 0.15) is 11.1 Å². The molecule has 0 aliphatic heterocycles. The number of aromatic nitrogens is 1. The molecule has 0 aliphatic carbocycles. The van der Waals surface area contributed by atoms with Crippen molar-refractivity contribution in [2.75, 3.05) is 0 Å². The normalized spacial score (nSPS) is 10.7. The molecule has 3 aromatic rings. The van der Waals surface area contributed by atoms with Crippen LogP contribution in [0.15, 0.2) is 49.0 Å². The van der Waals surface area contributed by atoms with Crippen molar-refractivity contribution < 1.29 is 0 Å². The van der Waals surface area contributed by atoms with E-state index in [0.29, 0.717) is 0 Å². The largest absolute Gasteiger partial charge is 0.236 e. The van der Waals surface area contributed by atoms with Gasteiger partial charge in [-0.05, 0) is 30.2 Å². The van der Waals surface area contributed by atoms with Crippen LogP contribution < -0.4 is 0 Å². The van der Waals surface area contributed by atoms with E-state index >= 15 is 0 Å². The highest BCUT2D eigenvalue weighted by Crippen LogP contribution is 2.33. The zero-order chi connectivity index (χ0) is 12.5. The van der Waals surface area contributed by atoms with E-state index in [1.54, 1.807) is 11.3 Å². The molecule has 0 unspecified atom stereocenters. The van der Waals surface area contributed by atoms with Gasteiger partial charge in [0.2, 0.25) is 0 Å². The Bertz CT molecular complexity index is 692. The summed E-state index contributed by atoms with van der Waals surface area (Å²) in [6.07, 6.45) is 1.89. The van der Waals surface area contributed by atoms with Crippen molar-refractivity contribution in [1.82, 2.24) is 4.98 Å². The molecule has 88 valence electrons. The van der Waals surface area contributed by atoms with E-state index in [1.165, 1.54) is 21.4 Å². The lowest BCUT2D eigenvalue weighted by Gasteiger charge is -2.05. The minimum absolute atomic E-state index is 1.07. The number of rotatable bonds is 2. The number of nitrogens with zero attached hydrogens (tertiary/aromatic N) is 1. The molecule has 3 rings (SSSR count). The van der Waals surface area contributed by atoms with E-state index in [9.17, 15) is 0 Å². The second-order valence-corrected chi connectivity index (χ2v) is 5.24. The second kappa shape index (κ2) is 4.39. The fraction of sp³-hybridized carbons (Fsp3) is 0.0625. The number of thiazole rings is 1. The molecule has 0 bridgehead atoms. The molecule has 2 heteroatoms. The Morgan fingerprint density at radius 3 is 2.72 bits per heavy atom. The number of hydrogen-bond acceptors (Lipinski definition) is 2. The molecule has 1 heterocycles. The van der Waals surface area contributed by atoms with E-state index in [2.05, 4.69) is 49.9 Å². The Balaban J connectivity index is 2.23. The van der Waals surface area contributed by atoms with Crippen LogP contribution in [-0.4, -0.2) is 4.98 Å². The van der Waals surface area contributed by atoms with Gasteiger partial charge in [0.1, 0.15) is 5.01 Å².